The van der Waals surface area contributed by atoms with E-state index in [9.17, 15) is 19.8 Å². The van der Waals surface area contributed by atoms with Gasteiger partial charge in [-0.15, -0.1) is 0 Å². The van der Waals surface area contributed by atoms with Crippen LogP contribution in [-0.4, -0.2) is 38.5 Å². The highest BCUT2D eigenvalue weighted by Gasteiger charge is 2.42. The van der Waals surface area contributed by atoms with Gasteiger partial charge in [0.1, 0.15) is 5.78 Å². The second kappa shape index (κ2) is 13.3. The minimum absolute atomic E-state index is 0.0857. The van der Waals surface area contributed by atoms with E-state index in [2.05, 4.69) is 15.9 Å². The van der Waals surface area contributed by atoms with Gasteiger partial charge in [-0.1, -0.05) is 48.0 Å². The van der Waals surface area contributed by atoms with E-state index in [1.165, 1.54) is 0 Å². The zero-order valence-electron chi connectivity index (χ0n) is 16.5. The fourth-order valence-corrected chi connectivity index (χ4v) is 4.40. The predicted molar refractivity (Wildman–Crippen MR) is 110 cm³/mol. The monoisotopic (exact) mass is 446 g/mol. The lowest BCUT2D eigenvalue weighted by Crippen LogP contribution is -2.23. The second-order valence-electron chi connectivity index (χ2n) is 7.70. The van der Waals surface area contributed by atoms with Crippen molar-refractivity contribution in [3.8, 4) is 0 Å². The molecule has 0 bridgehead atoms. The van der Waals surface area contributed by atoms with Crippen LogP contribution < -0.4 is 0 Å². The normalized spacial score (nSPS) is 23.5. The molecule has 156 valence electrons. The van der Waals surface area contributed by atoms with Crippen LogP contribution in [0.2, 0.25) is 0 Å². The van der Waals surface area contributed by atoms with Gasteiger partial charge in [0.15, 0.2) is 0 Å². The first-order chi connectivity index (χ1) is 12.9. The number of rotatable bonds is 14. The van der Waals surface area contributed by atoms with Crippen molar-refractivity contribution >= 4 is 27.7 Å². The number of allylic oxidation sites excluding steroid dienone is 1. The summed E-state index contributed by atoms with van der Waals surface area (Å²) in [5, 5.41) is 30.5. The minimum atomic E-state index is -0.771. The number of halogens is 1. The summed E-state index contributed by atoms with van der Waals surface area (Å²) in [5.41, 5.74) is 0.768. The number of unbranched alkanes of at least 4 members (excludes halogenated alkanes) is 6. The molecule has 0 saturated heterocycles. The van der Waals surface area contributed by atoms with Crippen LogP contribution in [0.5, 0.6) is 0 Å². The Labute approximate surface area is 171 Å². The molecule has 0 aromatic carbocycles. The van der Waals surface area contributed by atoms with Crippen molar-refractivity contribution in [1.29, 1.82) is 0 Å². The first-order valence-corrected chi connectivity index (χ1v) is 11.4. The summed E-state index contributed by atoms with van der Waals surface area (Å²) in [4.78, 5) is 22.8. The first-order valence-electron chi connectivity index (χ1n) is 10.3. The van der Waals surface area contributed by atoms with E-state index < -0.39 is 12.1 Å². The SMILES string of the molecule is CC(=C(O)CCCCCCBr)[C@H]1[C@H](CCCCCCC(=O)O)C(=O)C[C@@H]1O. The average molecular weight is 447 g/mol. The third-order valence-electron chi connectivity index (χ3n) is 5.58. The van der Waals surface area contributed by atoms with Gasteiger partial charge in [-0.05, 0) is 38.2 Å². The van der Waals surface area contributed by atoms with Crippen LogP contribution in [-0.2, 0) is 9.59 Å². The van der Waals surface area contributed by atoms with Crippen molar-refractivity contribution < 1.29 is 24.9 Å². The van der Waals surface area contributed by atoms with Crippen LogP contribution in [0.1, 0.15) is 84.0 Å². The van der Waals surface area contributed by atoms with Crippen molar-refractivity contribution in [3.63, 3.8) is 0 Å². The molecule has 1 aliphatic carbocycles. The third-order valence-corrected chi connectivity index (χ3v) is 6.14. The van der Waals surface area contributed by atoms with E-state index in [0.717, 1.165) is 55.8 Å². The lowest BCUT2D eigenvalue weighted by molar-refractivity contribution is -0.137. The van der Waals surface area contributed by atoms with E-state index in [-0.39, 0.29) is 30.5 Å². The molecule has 0 amide bonds. The van der Waals surface area contributed by atoms with Crippen LogP contribution in [0.25, 0.3) is 0 Å². The summed E-state index contributed by atoms with van der Waals surface area (Å²) in [7, 11) is 0. The maximum Gasteiger partial charge on any atom is 0.303 e. The van der Waals surface area contributed by atoms with E-state index in [1.54, 1.807) is 0 Å². The van der Waals surface area contributed by atoms with E-state index in [4.69, 9.17) is 5.11 Å². The number of carboxylic acid groups (broad SMARTS) is 1. The number of hydrogen-bond donors (Lipinski definition) is 3. The molecule has 0 spiro atoms. The van der Waals surface area contributed by atoms with Crippen molar-refractivity contribution in [2.45, 2.75) is 90.1 Å². The molecule has 0 unspecified atom stereocenters. The van der Waals surface area contributed by atoms with Crippen molar-refractivity contribution in [1.82, 2.24) is 0 Å². The van der Waals surface area contributed by atoms with Gasteiger partial charge in [-0.3, -0.25) is 9.59 Å². The van der Waals surface area contributed by atoms with Crippen molar-refractivity contribution in [2.24, 2.45) is 11.8 Å². The largest absolute Gasteiger partial charge is 0.512 e. The van der Waals surface area contributed by atoms with E-state index >= 15 is 0 Å². The fourth-order valence-electron chi connectivity index (χ4n) is 4.01. The molecule has 0 aromatic heterocycles. The molecule has 0 aliphatic heterocycles. The Hall–Kier alpha value is -0.880. The van der Waals surface area contributed by atoms with Crippen LogP contribution in [0.15, 0.2) is 11.3 Å². The highest BCUT2D eigenvalue weighted by Crippen LogP contribution is 2.39. The molecule has 1 aliphatic rings. The summed E-state index contributed by atoms with van der Waals surface area (Å²) in [6, 6.07) is 0. The molecule has 3 atom stereocenters. The molecule has 1 rings (SSSR count). The smallest absolute Gasteiger partial charge is 0.303 e. The quantitative estimate of drug-likeness (QED) is 0.194. The molecule has 1 fully saturated rings. The third kappa shape index (κ3) is 8.77. The number of ketones is 1. The summed E-state index contributed by atoms with van der Waals surface area (Å²) in [6.07, 6.45) is 8.45. The molecule has 3 N–H and O–H groups in total. The van der Waals surface area contributed by atoms with Crippen LogP contribution >= 0.6 is 15.9 Å². The van der Waals surface area contributed by atoms with Gasteiger partial charge in [0.2, 0.25) is 0 Å². The van der Waals surface area contributed by atoms with Gasteiger partial charge in [0, 0.05) is 36.4 Å². The van der Waals surface area contributed by atoms with Gasteiger partial charge in [0.05, 0.1) is 11.9 Å². The first kappa shape index (κ1) is 24.2. The van der Waals surface area contributed by atoms with E-state index in [1.807, 2.05) is 6.92 Å². The fraction of sp³-hybridized carbons (Fsp3) is 0.810. The average Bonchev–Trinajstić information content (AvgIpc) is 2.90. The van der Waals surface area contributed by atoms with Gasteiger partial charge in [-0.2, -0.15) is 0 Å². The summed E-state index contributed by atoms with van der Waals surface area (Å²) in [5.74, 6) is -0.858. The second-order valence-corrected chi connectivity index (χ2v) is 8.49. The van der Waals surface area contributed by atoms with Gasteiger partial charge in [0.25, 0.3) is 0 Å². The zero-order chi connectivity index (χ0) is 20.2. The predicted octanol–water partition coefficient (Wildman–Crippen LogP) is 5.16. The highest BCUT2D eigenvalue weighted by atomic mass is 79.9. The number of carbonyl (C=O) groups excluding carboxylic acids is 1. The molecule has 5 nitrogen and oxygen atoms in total. The maximum absolute atomic E-state index is 12.3. The molecule has 6 heteroatoms. The van der Waals surface area contributed by atoms with Crippen molar-refractivity contribution in [2.75, 3.05) is 5.33 Å². The zero-order valence-corrected chi connectivity index (χ0v) is 18.0. The molecule has 0 aromatic rings. The Morgan fingerprint density at radius 3 is 2.22 bits per heavy atom. The van der Waals surface area contributed by atoms with E-state index in [0.29, 0.717) is 25.0 Å². The highest BCUT2D eigenvalue weighted by molar-refractivity contribution is 9.09. The summed E-state index contributed by atoms with van der Waals surface area (Å²) in [6.45, 7) is 1.85. The minimum Gasteiger partial charge on any atom is -0.512 e. The number of aliphatic carboxylic acids is 1. The molecule has 0 radical (unpaired) electrons. The molecular weight excluding hydrogens is 412 g/mol. The summed E-state index contributed by atoms with van der Waals surface area (Å²) >= 11 is 3.41. The van der Waals surface area contributed by atoms with Crippen LogP contribution in [0, 0.1) is 11.8 Å². The number of alkyl halides is 1. The molecule has 0 heterocycles. The Morgan fingerprint density at radius 1 is 1.00 bits per heavy atom. The summed E-state index contributed by atoms with van der Waals surface area (Å²) < 4.78 is 0. The molecule has 1 saturated carbocycles. The Balaban J connectivity index is 2.52. The van der Waals surface area contributed by atoms with Gasteiger partial charge < -0.3 is 15.3 Å². The lowest BCUT2D eigenvalue weighted by Gasteiger charge is -2.23. The Morgan fingerprint density at radius 2 is 1.59 bits per heavy atom. The van der Waals surface area contributed by atoms with Crippen molar-refractivity contribution in [3.05, 3.63) is 11.3 Å². The topological polar surface area (TPSA) is 94.8 Å². The number of carbonyl (C=O) groups is 2. The number of carboxylic acids is 1. The molecular formula is C21H35BrO5. The number of aliphatic hydroxyl groups is 2. The standard InChI is InChI=1S/C21H35BrO5/c1-15(17(23)11-7-4-5-9-13-22)21-16(18(24)14-19(21)25)10-6-2-3-8-12-20(26)27/h16,19,21,23,25H,2-14H2,1H3,(H,26,27)/t16-,19+,21+/m1/s1. The number of Topliss-reactive ketones (excluding diaryl/α,β-unsaturated/α-hetero) is 1. The van der Waals surface area contributed by atoms with Gasteiger partial charge >= 0.3 is 5.97 Å². The number of hydrogen-bond acceptors (Lipinski definition) is 4. The maximum atomic E-state index is 12.3. The Bertz CT molecular complexity index is 503. The van der Waals surface area contributed by atoms with Gasteiger partial charge in [-0.25, -0.2) is 0 Å². The Kier molecular flexibility index (Phi) is 11.9. The van der Waals surface area contributed by atoms with Crippen LogP contribution in [0.3, 0.4) is 0 Å². The number of aliphatic hydroxyl groups excluding tert-OH is 2. The lowest BCUT2D eigenvalue weighted by atomic mass is 9.83. The van der Waals surface area contributed by atoms with Crippen LogP contribution in [0.4, 0.5) is 0 Å². The molecule has 27 heavy (non-hydrogen) atoms.